The Morgan fingerprint density at radius 2 is 2.10 bits per heavy atom. The Labute approximate surface area is 117 Å². The molecule has 0 bridgehead atoms. The summed E-state index contributed by atoms with van der Waals surface area (Å²) in [4.78, 5) is 14.5. The molecule has 7 heteroatoms. The van der Waals surface area contributed by atoms with Crippen LogP contribution in [0.5, 0.6) is 0 Å². The second kappa shape index (κ2) is 5.27. The molecule has 0 saturated carbocycles. The molecule has 3 heterocycles. The van der Waals surface area contributed by atoms with Gasteiger partial charge >= 0.3 is 0 Å². The minimum absolute atomic E-state index is 0.500. The second-order valence-electron chi connectivity index (χ2n) is 4.65. The van der Waals surface area contributed by atoms with Crippen molar-refractivity contribution < 1.29 is 0 Å². The molecule has 20 heavy (non-hydrogen) atoms. The number of aryl methyl sites for hydroxylation is 1. The first-order chi connectivity index (χ1) is 9.78. The van der Waals surface area contributed by atoms with Crippen molar-refractivity contribution in [3.63, 3.8) is 0 Å². The molecule has 1 aliphatic rings. The summed E-state index contributed by atoms with van der Waals surface area (Å²) in [6.07, 6.45) is 5.20. The van der Waals surface area contributed by atoms with E-state index in [4.69, 9.17) is 6.57 Å². The van der Waals surface area contributed by atoms with Crippen molar-refractivity contribution in [2.75, 3.05) is 31.1 Å². The van der Waals surface area contributed by atoms with E-state index in [0.29, 0.717) is 11.5 Å². The van der Waals surface area contributed by atoms with Crippen LogP contribution in [0.2, 0.25) is 0 Å². The Morgan fingerprint density at radius 3 is 2.75 bits per heavy atom. The highest BCUT2D eigenvalue weighted by Gasteiger charge is 2.18. The Bertz CT molecular complexity index is 649. The molecule has 0 aromatic carbocycles. The van der Waals surface area contributed by atoms with E-state index in [2.05, 4.69) is 30.1 Å². The van der Waals surface area contributed by atoms with Crippen LogP contribution in [0.15, 0.2) is 18.6 Å². The van der Waals surface area contributed by atoms with Gasteiger partial charge in [-0.05, 0) is 0 Å². The molecule has 0 aliphatic carbocycles. The highest BCUT2D eigenvalue weighted by atomic mass is 15.3. The zero-order valence-electron chi connectivity index (χ0n) is 11.2. The summed E-state index contributed by atoms with van der Waals surface area (Å²) in [6, 6.07) is 0. The standard InChI is InChI=1S/C13H15N7/c1-14-11-8-16-12(10-7-17-19(2)9-10)18-13(11)20-5-3-15-4-6-20/h7-9,15H,3-6H2,2H3. The lowest BCUT2D eigenvalue weighted by atomic mass is 10.3. The van der Waals surface area contributed by atoms with E-state index in [0.717, 1.165) is 37.6 Å². The summed E-state index contributed by atoms with van der Waals surface area (Å²) in [5, 5.41) is 7.43. The fourth-order valence-electron chi connectivity index (χ4n) is 2.23. The summed E-state index contributed by atoms with van der Waals surface area (Å²) < 4.78 is 1.71. The molecule has 0 radical (unpaired) electrons. The molecule has 2 aromatic rings. The summed E-state index contributed by atoms with van der Waals surface area (Å²) in [5.41, 5.74) is 1.36. The van der Waals surface area contributed by atoms with Crippen LogP contribution in [0, 0.1) is 6.57 Å². The number of nitrogens with one attached hydrogen (secondary N) is 1. The van der Waals surface area contributed by atoms with Gasteiger partial charge in [0.05, 0.1) is 18.3 Å². The highest BCUT2D eigenvalue weighted by Crippen LogP contribution is 2.28. The van der Waals surface area contributed by atoms with Crippen molar-refractivity contribution >= 4 is 11.5 Å². The first kappa shape index (κ1) is 12.6. The third-order valence-electron chi connectivity index (χ3n) is 3.25. The predicted molar refractivity (Wildman–Crippen MR) is 75.6 cm³/mol. The van der Waals surface area contributed by atoms with Crippen molar-refractivity contribution in [1.29, 1.82) is 0 Å². The quantitative estimate of drug-likeness (QED) is 0.818. The van der Waals surface area contributed by atoms with E-state index in [1.165, 1.54) is 0 Å². The molecule has 7 nitrogen and oxygen atoms in total. The van der Waals surface area contributed by atoms with E-state index in [1.807, 2.05) is 13.2 Å². The maximum atomic E-state index is 7.27. The average molecular weight is 269 g/mol. The van der Waals surface area contributed by atoms with Gasteiger partial charge in [0.15, 0.2) is 5.82 Å². The minimum Gasteiger partial charge on any atom is -0.363 e. The summed E-state index contributed by atoms with van der Waals surface area (Å²) in [7, 11) is 1.86. The molecular weight excluding hydrogens is 254 g/mol. The first-order valence-corrected chi connectivity index (χ1v) is 6.47. The van der Waals surface area contributed by atoms with Gasteiger partial charge in [-0.3, -0.25) is 4.68 Å². The van der Waals surface area contributed by atoms with Crippen molar-refractivity contribution in [3.8, 4) is 11.4 Å². The molecule has 3 rings (SSSR count). The SMILES string of the molecule is [C-]#[N+]c1cnc(-c2cnn(C)c2)nc1N1CCNCC1. The van der Waals surface area contributed by atoms with E-state index in [-0.39, 0.29) is 0 Å². The lowest BCUT2D eigenvalue weighted by Gasteiger charge is -2.29. The topological polar surface area (TPSA) is 63.2 Å². The molecule has 1 aliphatic heterocycles. The summed E-state index contributed by atoms with van der Waals surface area (Å²) in [6.45, 7) is 10.8. The van der Waals surface area contributed by atoms with Crippen LogP contribution >= 0.6 is 0 Å². The number of anilines is 1. The average Bonchev–Trinajstić information content (AvgIpc) is 2.94. The maximum Gasteiger partial charge on any atom is 0.246 e. The monoisotopic (exact) mass is 269 g/mol. The lowest BCUT2D eigenvalue weighted by molar-refractivity contribution is 0.585. The van der Waals surface area contributed by atoms with Crippen LogP contribution in [-0.4, -0.2) is 45.9 Å². The molecule has 1 fully saturated rings. The third kappa shape index (κ3) is 2.33. The van der Waals surface area contributed by atoms with E-state index >= 15 is 0 Å². The number of hydrogen-bond acceptors (Lipinski definition) is 5. The smallest absolute Gasteiger partial charge is 0.246 e. The largest absolute Gasteiger partial charge is 0.363 e. The molecule has 0 spiro atoms. The van der Waals surface area contributed by atoms with E-state index in [9.17, 15) is 0 Å². The zero-order chi connectivity index (χ0) is 13.9. The van der Waals surface area contributed by atoms with Crippen LogP contribution in [0.1, 0.15) is 0 Å². The van der Waals surface area contributed by atoms with Gasteiger partial charge < -0.3 is 10.2 Å². The van der Waals surface area contributed by atoms with Crippen molar-refractivity contribution in [2.24, 2.45) is 7.05 Å². The Kier molecular flexibility index (Phi) is 3.31. The third-order valence-corrected chi connectivity index (χ3v) is 3.25. The number of aromatic nitrogens is 4. The van der Waals surface area contributed by atoms with Gasteiger partial charge in [-0.15, -0.1) is 0 Å². The van der Waals surface area contributed by atoms with Crippen molar-refractivity contribution in [1.82, 2.24) is 25.1 Å². The van der Waals surface area contributed by atoms with Gasteiger partial charge in [0, 0.05) is 45.6 Å². The first-order valence-electron chi connectivity index (χ1n) is 6.47. The Morgan fingerprint density at radius 1 is 1.30 bits per heavy atom. The van der Waals surface area contributed by atoms with Crippen LogP contribution in [-0.2, 0) is 7.05 Å². The van der Waals surface area contributed by atoms with Crippen molar-refractivity contribution in [3.05, 3.63) is 30.0 Å². The van der Waals surface area contributed by atoms with Gasteiger partial charge in [0.2, 0.25) is 5.69 Å². The lowest BCUT2D eigenvalue weighted by Crippen LogP contribution is -2.44. The molecule has 0 amide bonds. The van der Waals surface area contributed by atoms with E-state index < -0.39 is 0 Å². The fraction of sp³-hybridized carbons (Fsp3) is 0.385. The summed E-state index contributed by atoms with van der Waals surface area (Å²) >= 11 is 0. The second-order valence-corrected chi connectivity index (χ2v) is 4.65. The zero-order valence-corrected chi connectivity index (χ0v) is 11.2. The van der Waals surface area contributed by atoms with Gasteiger partial charge in [0.25, 0.3) is 0 Å². The van der Waals surface area contributed by atoms with Gasteiger partial charge in [-0.25, -0.2) is 14.8 Å². The maximum absolute atomic E-state index is 7.27. The van der Waals surface area contributed by atoms with Crippen LogP contribution in [0.4, 0.5) is 11.5 Å². The molecule has 1 saturated heterocycles. The minimum atomic E-state index is 0.500. The normalized spacial score (nSPS) is 15.1. The van der Waals surface area contributed by atoms with Gasteiger partial charge in [-0.2, -0.15) is 5.10 Å². The number of hydrogen-bond donors (Lipinski definition) is 1. The van der Waals surface area contributed by atoms with E-state index in [1.54, 1.807) is 17.1 Å². The predicted octanol–water partition coefficient (Wildman–Crippen LogP) is 0.837. The molecule has 0 atom stereocenters. The number of rotatable bonds is 2. The van der Waals surface area contributed by atoms with Crippen molar-refractivity contribution in [2.45, 2.75) is 0 Å². The van der Waals surface area contributed by atoms with Crippen LogP contribution in [0.25, 0.3) is 16.2 Å². The van der Waals surface area contributed by atoms with Gasteiger partial charge in [-0.1, -0.05) is 0 Å². The molecule has 102 valence electrons. The molecule has 1 N–H and O–H groups in total. The fourth-order valence-corrected chi connectivity index (χ4v) is 2.23. The molecular formula is C13H15N7. The molecule has 0 unspecified atom stereocenters. The Balaban J connectivity index is 2.00. The van der Waals surface area contributed by atoms with Crippen LogP contribution < -0.4 is 10.2 Å². The summed E-state index contributed by atoms with van der Waals surface area (Å²) in [5.74, 6) is 1.33. The number of nitrogens with zero attached hydrogens (tertiary/aromatic N) is 6. The Hall–Kier alpha value is -2.46. The molecule has 2 aromatic heterocycles. The van der Waals surface area contributed by atoms with Crippen LogP contribution in [0.3, 0.4) is 0 Å². The van der Waals surface area contributed by atoms with Gasteiger partial charge in [0.1, 0.15) is 5.82 Å². The highest BCUT2D eigenvalue weighted by molar-refractivity contribution is 5.69. The number of piperazine rings is 1.